The molecule has 0 atom stereocenters. The van der Waals surface area contributed by atoms with E-state index < -0.39 is 21.8 Å². The van der Waals surface area contributed by atoms with E-state index in [-0.39, 0.29) is 42.0 Å². The Bertz CT molecular complexity index is 842. The number of alkyl halides is 3. The molecule has 130 valence electrons. The highest BCUT2D eigenvalue weighted by Gasteiger charge is 2.39. The van der Waals surface area contributed by atoms with Crippen LogP contribution in [0.5, 0.6) is 0 Å². The van der Waals surface area contributed by atoms with Crippen LogP contribution < -0.4 is 0 Å². The van der Waals surface area contributed by atoms with Crippen molar-refractivity contribution in [2.75, 3.05) is 18.8 Å². The van der Waals surface area contributed by atoms with Crippen LogP contribution >= 0.6 is 0 Å². The zero-order chi connectivity index (χ0) is 17.5. The lowest BCUT2D eigenvalue weighted by molar-refractivity contribution is -0.137. The molecule has 0 radical (unpaired) electrons. The van der Waals surface area contributed by atoms with Crippen molar-refractivity contribution in [1.82, 2.24) is 14.4 Å². The minimum atomic E-state index is -4.45. The van der Waals surface area contributed by atoms with Gasteiger partial charge in [-0.05, 0) is 19.1 Å². The van der Waals surface area contributed by atoms with Crippen LogP contribution in [0.2, 0.25) is 0 Å². The van der Waals surface area contributed by atoms with E-state index >= 15 is 0 Å². The predicted octanol–water partition coefficient (Wildman–Crippen LogP) is 2.50. The van der Waals surface area contributed by atoms with Gasteiger partial charge in [0, 0.05) is 18.7 Å². The van der Waals surface area contributed by atoms with Crippen molar-refractivity contribution in [1.29, 1.82) is 0 Å². The van der Waals surface area contributed by atoms with Gasteiger partial charge >= 0.3 is 6.18 Å². The first kappa shape index (κ1) is 16.9. The molecular formula is C14H14F3N3O3S. The minimum Gasteiger partial charge on any atom is -0.339 e. The number of rotatable bonds is 4. The van der Waals surface area contributed by atoms with Crippen molar-refractivity contribution < 1.29 is 26.1 Å². The van der Waals surface area contributed by atoms with Crippen molar-refractivity contribution in [2.45, 2.75) is 19.0 Å². The number of hydrogen-bond acceptors (Lipinski definition) is 5. The number of benzene rings is 1. The van der Waals surface area contributed by atoms with Gasteiger partial charge in [0.2, 0.25) is 21.7 Å². The molecular weight excluding hydrogens is 347 g/mol. The van der Waals surface area contributed by atoms with Crippen molar-refractivity contribution in [2.24, 2.45) is 0 Å². The predicted molar refractivity (Wildman–Crippen MR) is 78.5 cm³/mol. The first-order chi connectivity index (χ1) is 11.2. The average molecular weight is 361 g/mol. The average Bonchev–Trinajstić information content (AvgIpc) is 2.94. The first-order valence-electron chi connectivity index (χ1n) is 7.20. The fourth-order valence-electron chi connectivity index (χ4n) is 2.36. The van der Waals surface area contributed by atoms with Crippen LogP contribution in [0.15, 0.2) is 28.8 Å². The van der Waals surface area contributed by atoms with Crippen LogP contribution in [0, 0.1) is 0 Å². The second-order valence-corrected chi connectivity index (χ2v) is 7.71. The molecule has 0 spiro atoms. The molecule has 1 aliphatic rings. The Labute approximate surface area is 136 Å². The SMILES string of the molecule is CCS(=O)(=O)N1CC(c2nc(-c3cccc(C(F)(F)F)c3)no2)C1. The maximum atomic E-state index is 12.7. The minimum absolute atomic E-state index is 0.0129. The van der Waals surface area contributed by atoms with E-state index in [9.17, 15) is 21.6 Å². The molecule has 3 rings (SSSR count). The van der Waals surface area contributed by atoms with Crippen molar-refractivity contribution in [3.8, 4) is 11.4 Å². The van der Waals surface area contributed by atoms with Gasteiger partial charge in [0.05, 0.1) is 17.2 Å². The second kappa shape index (κ2) is 5.85. The molecule has 2 aromatic rings. The summed E-state index contributed by atoms with van der Waals surface area (Å²) in [5, 5.41) is 3.70. The molecule has 10 heteroatoms. The molecule has 24 heavy (non-hydrogen) atoms. The van der Waals surface area contributed by atoms with E-state index in [2.05, 4.69) is 10.1 Å². The van der Waals surface area contributed by atoms with Crippen molar-refractivity contribution in [3.05, 3.63) is 35.7 Å². The summed E-state index contributed by atoms with van der Waals surface area (Å²) in [5.74, 6) is 0.0511. The molecule has 1 aromatic carbocycles. The quantitative estimate of drug-likeness (QED) is 0.836. The fourth-order valence-corrected chi connectivity index (χ4v) is 3.54. The van der Waals surface area contributed by atoms with Crippen LogP contribution in [0.4, 0.5) is 13.2 Å². The van der Waals surface area contributed by atoms with Gasteiger partial charge in [-0.2, -0.15) is 18.2 Å². The van der Waals surface area contributed by atoms with Gasteiger partial charge in [-0.25, -0.2) is 12.7 Å². The van der Waals surface area contributed by atoms with E-state index in [1.54, 1.807) is 6.92 Å². The second-order valence-electron chi connectivity index (χ2n) is 5.45. The molecule has 0 amide bonds. The molecule has 1 fully saturated rings. The standard InChI is InChI=1S/C14H14F3N3O3S/c1-2-24(21,22)20-7-10(8-20)13-18-12(19-23-13)9-4-3-5-11(6-9)14(15,16)17/h3-6,10H,2,7-8H2,1H3. The lowest BCUT2D eigenvalue weighted by Gasteiger charge is -2.35. The molecule has 0 unspecified atom stereocenters. The third-order valence-electron chi connectivity index (χ3n) is 3.85. The summed E-state index contributed by atoms with van der Waals surface area (Å²) in [5.41, 5.74) is -0.604. The molecule has 2 heterocycles. The Morgan fingerprint density at radius 2 is 2.04 bits per heavy atom. The van der Waals surface area contributed by atoms with Gasteiger partial charge in [-0.15, -0.1) is 0 Å². The van der Waals surface area contributed by atoms with Crippen LogP contribution in [-0.2, 0) is 16.2 Å². The highest BCUT2D eigenvalue weighted by molar-refractivity contribution is 7.89. The summed E-state index contributed by atoms with van der Waals surface area (Å²) in [4.78, 5) is 4.10. The Balaban J connectivity index is 1.76. The number of nitrogens with zero attached hydrogens (tertiary/aromatic N) is 3. The van der Waals surface area contributed by atoms with Gasteiger partial charge in [0.1, 0.15) is 0 Å². The van der Waals surface area contributed by atoms with Crippen molar-refractivity contribution in [3.63, 3.8) is 0 Å². The normalized spacial score (nSPS) is 17.0. The van der Waals surface area contributed by atoms with Gasteiger partial charge in [0.15, 0.2) is 0 Å². The highest BCUT2D eigenvalue weighted by Crippen LogP contribution is 2.33. The number of halogens is 3. The van der Waals surface area contributed by atoms with Gasteiger partial charge < -0.3 is 4.52 Å². The first-order valence-corrected chi connectivity index (χ1v) is 8.80. The van der Waals surface area contributed by atoms with Crippen LogP contribution in [0.1, 0.15) is 24.3 Å². The molecule has 6 nitrogen and oxygen atoms in total. The molecule has 0 aliphatic carbocycles. The Morgan fingerprint density at radius 3 is 2.67 bits per heavy atom. The summed E-state index contributed by atoms with van der Waals surface area (Å²) in [6, 6.07) is 4.64. The van der Waals surface area contributed by atoms with Crippen LogP contribution in [0.25, 0.3) is 11.4 Å². The maximum Gasteiger partial charge on any atom is 0.416 e. The molecule has 1 aromatic heterocycles. The maximum absolute atomic E-state index is 12.7. The van der Waals surface area contributed by atoms with E-state index in [4.69, 9.17) is 4.52 Å². The van der Waals surface area contributed by atoms with Gasteiger partial charge in [0.25, 0.3) is 0 Å². The third kappa shape index (κ3) is 3.16. The summed E-state index contributed by atoms with van der Waals surface area (Å²) < 4.78 is 68.0. The highest BCUT2D eigenvalue weighted by atomic mass is 32.2. The summed E-state index contributed by atoms with van der Waals surface area (Å²) in [7, 11) is -3.25. The molecule has 0 bridgehead atoms. The van der Waals surface area contributed by atoms with E-state index in [0.717, 1.165) is 12.1 Å². The van der Waals surface area contributed by atoms with E-state index in [1.165, 1.54) is 16.4 Å². The van der Waals surface area contributed by atoms with E-state index in [1.807, 2.05) is 0 Å². The lowest BCUT2D eigenvalue weighted by Crippen LogP contribution is -2.49. The van der Waals surface area contributed by atoms with Gasteiger partial charge in [-0.1, -0.05) is 17.3 Å². The largest absolute Gasteiger partial charge is 0.416 e. The summed E-state index contributed by atoms with van der Waals surface area (Å²) in [6.07, 6.45) is -4.45. The van der Waals surface area contributed by atoms with Crippen molar-refractivity contribution >= 4 is 10.0 Å². The fraction of sp³-hybridized carbons (Fsp3) is 0.429. The molecule has 0 N–H and O–H groups in total. The third-order valence-corrected chi connectivity index (χ3v) is 5.66. The number of sulfonamides is 1. The van der Waals surface area contributed by atoms with Crippen LogP contribution in [0.3, 0.4) is 0 Å². The van der Waals surface area contributed by atoms with E-state index in [0.29, 0.717) is 0 Å². The topological polar surface area (TPSA) is 76.3 Å². The summed E-state index contributed by atoms with van der Waals surface area (Å²) in [6.45, 7) is 2.03. The Hall–Kier alpha value is -1.94. The zero-order valence-electron chi connectivity index (χ0n) is 12.6. The Kier molecular flexibility index (Phi) is 4.12. The van der Waals surface area contributed by atoms with Crippen LogP contribution in [-0.4, -0.2) is 41.7 Å². The Morgan fingerprint density at radius 1 is 1.33 bits per heavy atom. The zero-order valence-corrected chi connectivity index (χ0v) is 13.4. The summed E-state index contributed by atoms with van der Waals surface area (Å²) >= 11 is 0. The molecule has 0 saturated carbocycles. The monoisotopic (exact) mass is 361 g/mol. The molecule has 1 saturated heterocycles. The van der Waals surface area contributed by atoms with Gasteiger partial charge in [-0.3, -0.25) is 0 Å². The lowest BCUT2D eigenvalue weighted by atomic mass is 10.0. The number of aromatic nitrogens is 2. The number of hydrogen-bond donors (Lipinski definition) is 0. The smallest absolute Gasteiger partial charge is 0.339 e. The molecule has 1 aliphatic heterocycles.